The minimum Gasteiger partial charge on any atom is -0.493 e. The maximum absolute atomic E-state index is 13.2. The van der Waals surface area contributed by atoms with Gasteiger partial charge in [-0.15, -0.1) is 0 Å². The zero-order chi connectivity index (χ0) is 21.4. The second-order valence-electron chi connectivity index (χ2n) is 8.02. The first kappa shape index (κ1) is 20.0. The summed E-state index contributed by atoms with van der Waals surface area (Å²) in [4.78, 5) is 25.8. The van der Waals surface area contributed by atoms with Crippen LogP contribution in [0.4, 0.5) is 0 Å². The molecule has 30 heavy (non-hydrogen) atoms. The van der Waals surface area contributed by atoms with Gasteiger partial charge in [0.05, 0.1) is 30.7 Å². The molecular formula is C24H25NO5. The fraction of sp³-hybridized carbons (Fsp3) is 0.333. The summed E-state index contributed by atoms with van der Waals surface area (Å²) < 4.78 is 17.1. The van der Waals surface area contributed by atoms with Crippen LogP contribution in [-0.4, -0.2) is 19.6 Å². The monoisotopic (exact) mass is 407 g/mol. The van der Waals surface area contributed by atoms with Crippen LogP contribution in [0.15, 0.2) is 45.6 Å². The molecule has 2 aromatic carbocycles. The second kappa shape index (κ2) is 7.86. The molecule has 4 rings (SSSR count). The molecule has 1 N–H and O–H groups in total. The average Bonchev–Trinajstić information content (AvgIpc) is 3.05. The molecule has 3 aromatic rings. The van der Waals surface area contributed by atoms with Crippen molar-refractivity contribution in [3.8, 4) is 11.5 Å². The molecule has 1 aliphatic heterocycles. The van der Waals surface area contributed by atoms with E-state index in [4.69, 9.17) is 13.9 Å². The Morgan fingerprint density at radius 2 is 1.90 bits per heavy atom. The van der Waals surface area contributed by atoms with E-state index in [-0.39, 0.29) is 11.2 Å². The van der Waals surface area contributed by atoms with E-state index in [0.717, 1.165) is 17.5 Å². The van der Waals surface area contributed by atoms with E-state index >= 15 is 0 Å². The molecule has 6 heteroatoms. The minimum absolute atomic E-state index is 0.0672. The van der Waals surface area contributed by atoms with Gasteiger partial charge in [-0.2, -0.15) is 0 Å². The van der Waals surface area contributed by atoms with E-state index in [0.29, 0.717) is 40.6 Å². The first-order valence-corrected chi connectivity index (χ1v) is 10.1. The van der Waals surface area contributed by atoms with Crippen LogP contribution in [0.3, 0.4) is 0 Å². The lowest BCUT2D eigenvalue weighted by atomic mass is 9.98. The summed E-state index contributed by atoms with van der Waals surface area (Å²) in [5.74, 6) is 1.40. The van der Waals surface area contributed by atoms with Gasteiger partial charge in [-0.05, 0) is 49.1 Å². The third-order valence-electron chi connectivity index (χ3n) is 5.33. The van der Waals surface area contributed by atoms with E-state index in [1.807, 2.05) is 25.1 Å². The third kappa shape index (κ3) is 3.54. The number of fused-ring (bicyclic) bond motifs is 2. The van der Waals surface area contributed by atoms with Crippen molar-refractivity contribution in [2.24, 2.45) is 5.92 Å². The molecule has 0 radical (unpaired) electrons. The Hall–Kier alpha value is -3.28. The van der Waals surface area contributed by atoms with Crippen molar-refractivity contribution >= 4 is 16.9 Å². The molecule has 0 spiro atoms. The molecule has 0 fully saturated rings. The molecule has 0 bridgehead atoms. The largest absolute Gasteiger partial charge is 0.493 e. The Morgan fingerprint density at radius 3 is 2.63 bits per heavy atom. The third-order valence-corrected chi connectivity index (χ3v) is 5.33. The number of methoxy groups -OCH3 is 1. The fourth-order valence-electron chi connectivity index (χ4n) is 3.66. The highest BCUT2D eigenvalue weighted by Gasteiger charge is 2.36. The number of nitrogens with one attached hydrogen (secondary N) is 1. The summed E-state index contributed by atoms with van der Waals surface area (Å²) in [6.07, 6.45) is 0.935. The van der Waals surface area contributed by atoms with Crippen molar-refractivity contribution < 1.29 is 18.7 Å². The predicted molar refractivity (Wildman–Crippen MR) is 114 cm³/mol. The molecule has 0 saturated heterocycles. The lowest BCUT2D eigenvalue weighted by Crippen LogP contribution is -2.22. The predicted octanol–water partition coefficient (Wildman–Crippen LogP) is 4.37. The normalized spacial score (nSPS) is 15.4. The standard InChI is InChI=1S/C24H25NO5/c1-13(2)9-10-29-18-8-6-15(12-19(18)28-4)21-20-22(26)16-11-14(3)5-7-17(16)30-23(20)24(27)25-21/h5-8,11-13,21H,9-10H2,1-4H3,(H,25,27). The van der Waals surface area contributed by atoms with Crippen LogP contribution in [0.25, 0.3) is 11.0 Å². The molecule has 0 aliphatic carbocycles. The van der Waals surface area contributed by atoms with Gasteiger partial charge in [-0.3, -0.25) is 9.59 Å². The molecular weight excluding hydrogens is 382 g/mol. The van der Waals surface area contributed by atoms with Gasteiger partial charge in [-0.25, -0.2) is 0 Å². The maximum Gasteiger partial charge on any atom is 0.288 e. The number of carbonyl (C=O) groups excluding carboxylic acids is 1. The Balaban J connectivity index is 1.74. The lowest BCUT2D eigenvalue weighted by molar-refractivity contribution is 0.0938. The Kier molecular flexibility index (Phi) is 5.24. The number of ether oxygens (including phenoxy) is 2. The van der Waals surface area contributed by atoms with Gasteiger partial charge >= 0.3 is 0 Å². The van der Waals surface area contributed by atoms with Gasteiger partial charge in [0.1, 0.15) is 5.58 Å². The SMILES string of the molecule is COc1cc(C2NC(=O)c3oc4ccc(C)cc4c(=O)c32)ccc1OCCC(C)C. The molecule has 1 unspecified atom stereocenters. The first-order valence-electron chi connectivity index (χ1n) is 10.1. The number of hydrogen-bond donors (Lipinski definition) is 1. The van der Waals surface area contributed by atoms with Crippen molar-refractivity contribution in [3.63, 3.8) is 0 Å². The minimum atomic E-state index is -0.604. The number of carbonyl (C=O) groups is 1. The summed E-state index contributed by atoms with van der Waals surface area (Å²) in [5, 5.41) is 3.33. The molecule has 1 atom stereocenters. The molecule has 1 aromatic heterocycles. The van der Waals surface area contributed by atoms with Crippen molar-refractivity contribution in [3.05, 3.63) is 69.1 Å². The van der Waals surface area contributed by atoms with Crippen LogP contribution >= 0.6 is 0 Å². The summed E-state index contributed by atoms with van der Waals surface area (Å²) in [5.41, 5.74) is 2.22. The van der Waals surface area contributed by atoms with E-state index in [1.54, 1.807) is 25.3 Å². The topological polar surface area (TPSA) is 77.8 Å². The summed E-state index contributed by atoms with van der Waals surface area (Å²) in [6, 6.07) is 10.2. The highest BCUT2D eigenvalue weighted by atomic mass is 16.5. The molecule has 1 amide bonds. The summed E-state index contributed by atoms with van der Waals surface area (Å²) in [7, 11) is 1.57. The zero-order valence-corrected chi connectivity index (χ0v) is 17.6. The lowest BCUT2D eigenvalue weighted by Gasteiger charge is -2.16. The van der Waals surface area contributed by atoms with Crippen molar-refractivity contribution in [2.75, 3.05) is 13.7 Å². The highest BCUT2D eigenvalue weighted by molar-refractivity contribution is 5.99. The van der Waals surface area contributed by atoms with Crippen LogP contribution in [0.5, 0.6) is 11.5 Å². The molecule has 6 nitrogen and oxygen atoms in total. The number of benzene rings is 2. The maximum atomic E-state index is 13.2. The van der Waals surface area contributed by atoms with Gasteiger partial charge in [-0.1, -0.05) is 31.5 Å². The van der Waals surface area contributed by atoms with Gasteiger partial charge in [0.25, 0.3) is 5.91 Å². The van der Waals surface area contributed by atoms with Gasteiger partial charge in [0.2, 0.25) is 5.76 Å². The number of amides is 1. The van der Waals surface area contributed by atoms with Gasteiger partial charge in [0, 0.05) is 0 Å². The van der Waals surface area contributed by atoms with Gasteiger partial charge < -0.3 is 19.2 Å². The Labute approximate surface area is 174 Å². The quantitative estimate of drug-likeness (QED) is 0.657. The van der Waals surface area contributed by atoms with Crippen molar-refractivity contribution in [2.45, 2.75) is 33.2 Å². The van der Waals surface area contributed by atoms with Crippen LogP contribution in [0.2, 0.25) is 0 Å². The second-order valence-corrected chi connectivity index (χ2v) is 8.02. The van der Waals surface area contributed by atoms with Crippen molar-refractivity contribution in [1.29, 1.82) is 0 Å². The van der Waals surface area contributed by atoms with E-state index in [9.17, 15) is 9.59 Å². The van der Waals surface area contributed by atoms with E-state index < -0.39 is 11.9 Å². The van der Waals surface area contributed by atoms with Crippen LogP contribution < -0.4 is 20.2 Å². The number of aryl methyl sites for hydroxylation is 1. The molecule has 1 aliphatic rings. The fourth-order valence-corrected chi connectivity index (χ4v) is 3.66. The highest BCUT2D eigenvalue weighted by Crippen LogP contribution is 2.36. The van der Waals surface area contributed by atoms with Crippen LogP contribution in [0.1, 0.15) is 53.6 Å². The smallest absolute Gasteiger partial charge is 0.288 e. The Bertz CT molecular complexity index is 1180. The number of hydrogen-bond acceptors (Lipinski definition) is 5. The summed E-state index contributed by atoms with van der Waals surface area (Å²) >= 11 is 0. The molecule has 156 valence electrons. The Morgan fingerprint density at radius 1 is 1.10 bits per heavy atom. The molecule has 2 heterocycles. The van der Waals surface area contributed by atoms with Crippen molar-refractivity contribution in [1.82, 2.24) is 5.32 Å². The average molecular weight is 407 g/mol. The number of rotatable bonds is 6. The zero-order valence-electron chi connectivity index (χ0n) is 17.6. The first-order chi connectivity index (χ1) is 14.4. The van der Waals surface area contributed by atoms with Gasteiger partial charge in [0.15, 0.2) is 16.9 Å². The van der Waals surface area contributed by atoms with E-state index in [1.165, 1.54) is 0 Å². The summed E-state index contributed by atoms with van der Waals surface area (Å²) in [6.45, 7) is 6.78. The van der Waals surface area contributed by atoms with E-state index in [2.05, 4.69) is 19.2 Å². The van der Waals surface area contributed by atoms with Crippen LogP contribution in [0, 0.1) is 12.8 Å². The molecule has 0 saturated carbocycles. The van der Waals surface area contributed by atoms with Crippen LogP contribution in [-0.2, 0) is 0 Å².